The third-order valence-electron chi connectivity index (χ3n) is 9.54. The minimum absolute atomic E-state index is 0.0621. The second kappa shape index (κ2) is 9.60. The maximum absolute atomic E-state index is 14.5. The highest BCUT2D eigenvalue weighted by atomic mass is 32.1. The van der Waals surface area contributed by atoms with Gasteiger partial charge < -0.3 is 15.3 Å². The molecule has 5 nitrogen and oxygen atoms in total. The first-order valence-corrected chi connectivity index (χ1v) is 14.6. The smallest absolute Gasteiger partial charge is 0.228 e. The summed E-state index contributed by atoms with van der Waals surface area (Å²) in [6.07, 6.45) is 9.67. The summed E-state index contributed by atoms with van der Waals surface area (Å²) in [7, 11) is 0. The van der Waals surface area contributed by atoms with Crippen LogP contribution in [0.1, 0.15) is 91.0 Å². The SMILES string of the molecule is Cc1nc2c(s1)[C@]1(CCC2O)CNCC1C(=O)N1CC[C@@H](c2ccccc2)C[C@H]1C1CCCCC1. The van der Waals surface area contributed by atoms with Gasteiger partial charge in [-0.25, -0.2) is 4.98 Å². The predicted octanol–water partition coefficient (Wildman–Crippen LogP) is 5.09. The van der Waals surface area contributed by atoms with Gasteiger partial charge in [0.1, 0.15) is 0 Å². The minimum atomic E-state index is -0.492. The van der Waals surface area contributed by atoms with Crippen LogP contribution in [0.5, 0.6) is 0 Å². The van der Waals surface area contributed by atoms with Gasteiger partial charge in [0.15, 0.2) is 0 Å². The molecule has 2 aliphatic heterocycles. The lowest BCUT2D eigenvalue weighted by Gasteiger charge is -2.47. The van der Waals surface area contributed by atoms with Gasteiger partial charge in [-0.2, -0.15) is 0 Å². The Balaban J connectivity index is 1.30. The molecule has 2 N–H and O–H groups in total. The first kappa shape index (κ1) is 23.6. The van der Waals surface area contributed by atoms with E-state index < -0.39 is 6.10 Å². The molecule has 6 rings (SSSR count). The van der Waals surface area contributed by atoms with Crippen molar-refractivity contribution >= 4 is 17.2 Å². The summed E-state index contributed by atoms with van der Waals surface area (Å²) < 4.78 is 0. The molecular weight excluding hydrogens is 454 g/mol. The number of amides is 1. The zero-order valence-electron chi connectivity index (χ0n) is 20.9. The number of rotatable bonds is 3. The van der Waals surface area contributed by atoms with Gasteiger partial charge in [-0.15, -0.1) is 11.3 Å². The second-order valence-corrected chi connectivity index (χ2v) is 12.7. The van der Waals surface area contributed by atoms with Crippen LogP contribution in [0.2, 0.25) is 0 Å². The number of aliphatic hydroxyl groups is 1. The Hall–Kier alpha value is -1.76. The third-order valence-corrected chi connectivity index (χ3v) is 10.7. The van der Waals surface area contributed by atoms with Crippen molar-refractivity contribution in [2.24, 2.45) is 11.8 Å². The van der Waals surface area contributed by atoms with E-state index in [1.54, 1.807) is 11.3 Å². The number of hydrogen-bond donors (Lipinski definition) is 2. The van der Waals surface area contributed by atoms with Crippen molar-refractivity contribution in [3.05, 3.63) is 51.5 Å². The number of aromatic nitrogens is 1. The molecule has 2 saturated heterocycles. The number of carbonyl (C=O) groups is 1. The molecule has 4 aliphatic rings. The van der Waals surface area contributed by atoms with E-state index in [9.17, 15) is 9.90 Å². The number of aliphatic hydroxyl groups excluding tert-OH is 1. The topological polar surface area (TPSA) is 65.5 Å². The lowest BCUT2D eigenvalue weighted by atomic mass is 9.67. The zero-order chi connectivity index (χ0) is 24.0. The number of carbonyl (C=O) groups excluding carboxylic acids is 1. The predicted molar refractivity (Wildman–Crippen MR) is 140 cm³/mol. The second-order valence-electron chi connectivity index (χ2n) is 11.5. The van der Waals surface area contributed by atoms with Crippen molar-refractivity contribution in [3.8, 4) is 0 Å². The quantitative estimate of drug-likeness (QED) is 0.625. The first-order chi connectivity index (χ1) is 17.1. The van der Waals surface area contributed by atoms with Gasteiger partial charge in [0.05, 0.1) is 22.7 Å². The normalized spacial score (nSPS) is 33.7. The standard InChI is InChI=1S/C29H39N3O2S/c1-19-31-26-25(33)12-14-29(27(26)35-19)18-30-17-23(29)28(34)32-15-13-22(20-8-4-2-5-9-20)16-24(32)21-10-6-3-7-11-21/h2,4-5,8-9,21-25,30,33H,3,6-7,10-18H2,1H3/t22-,23?,24+,25?,29-/m1/s1. The average molecular weight is 494 g/mol. The highest BCUT2D eigenvalue weighted by Crippen LogP contribution is 2.51. The molecule has 188 valence electrons. The molecule has 35 heavy (non-hydrogen) atoms. The van der Waals surface area contributed by atoms with Gasteiger partial charge >= 0.3 is 0 Å². The van der Waals surface area contributed by atoms with E-state index in [-0.39, 0.29) is 11.3 Å². The molecule has 3 fully saturated rings. The van der Waals surface area contributed by atoms with Gasteiger partial charge in [-0.1, -0.05) is 49.6 Å². The number of thiazole rings is 1. The fourth-order valence-corrected chi connectivity index (χ4v) is 8.96. The van der Waals surface area contributed by atoms with E-state index in [1.165, 1.54) is 42.5 Å². The van der Waals surface area contributed by atoms with E-state index >= 15 is 0 Å². The highest BCUT2D eigenvalue weighted by molar-refractivity contribution is 7.11. The number of likely N-dealkylation sites (tertiary alicyclic amines) is 1. The maximum atomic E-state index is 14.5. The number of fused-ring (bicyclic) bond motifs is 2. The van der Waals surface area contributed by atoms with Crippen LogP contribution in [0, 0.1) is 18.8 Å². The van der Waals surface area contributed by atoms with Crippen LogP contribution < -0.4 is 5.32 Å². The van der Waals surface area contributed by atoms with Crippen LogP contribution in [-0.2, 0) is 10.2 Å². The Bertz CT molecular complexity index is 1050. The molecule has 2 unspecified atom stereocenters. The molecule has 1 aromatic carbocycles. The maximum Gasteiger partial charge on any atom is 0.228 e. The largest absolute Gasteiger partial charge is 0.387 e. The van der Waals surface area contributed by atoms with E-state index in [1.807, 2.05) is 6.92 Å². The first-order valence-electron chi connectivity index (χ1n) is 13.8. The lowest BCUT2D eigenvalue weighted by molar-refractivity contribution is -0.143. The van der Waals surface area contributed by atoms with Crippen molar-refractivity contribution in [2.45, 2.75) is 88.2 Å². The number of aryl methyl sites for hydroxylation is 1. The zero-order valence-corrected chi connectivity index (χ0v) is 21.7. The van der Waals surface area contributed by atoms with Crippen molar-refractivity contribution in [2.75, 3.05) is 19.6 Å². The summed E-state index contributed by atoms with van der Waals surface area (Å²) in [6, 6.07) is 11.3. The number of piperidine rings is 1. The van der Waals surface area contributed by atoms with Crippen LogP contribution in [-0.4, -0.2) is 46.6 Å². The molecule has 0 bridgehead atoms. The molecule has 1 spiro atoms. The number of nitrogens with zero attached hydrogens (tertiary/aromatic N) is 2. The summed E-state index contributed by atoms with van der Waals surface area (Å²) in [6.45, 7) is 4.44. The Morgan fingerprint density at radius 1 is 1.14 bits per heavy atom. The number of nitrogens with one attached hydrogen (secondary N) is 1. The fraction of sp³-hybridized carbons (Fsp3) is 0.655. The van der Waals surface area contributed by atoms with Gasteiger partial charge in [0.2, 0.25) is 5.91 Å². The monoisotopic (exact) mass is 493 g/mol. The van der Waals surface area contributed by atoms with Crippen LogP contribution in [0.3, 0.4) is 0 Å². The van der Waals surface area contributed by atoms with Crippen molar-refractivity contribution < 1.29 is 9.90 Å². The van der Waals surface area contributed by atoms with Crippen LogP contribution >= 0.6 is 11.3 Å². The van der Waals surface area contributed by atoms with Crippen molar-refractivity contribution in [1.29, 1.82) is 0 Å². The minimum Gasteiger partial charge on any atom is -0.387 e. The number of benzene rings is 1. The van der Waals surface area contributed by atoms with Gasteiger partial charge in [0.25, 0.3) is 0 Å². The van der Waals surface area contributed by atoms with Crippen LogP contribution in [0.25, 0.3) is 0 Å². The summed E-state index contributed by atoms with van der Waals surface area (Å²) in [5, 5.41) is 15.3. The Kier molecular flexibility index (Phi) is 6.48. The molecule has 3 heterocycles. The molecule has 1 aromatic heterocycles. The Morgan fingerprint density at radius 2 is 1.94 bits per heavy atom. The third kappa shape index (κ3) is 4.15. The molecule has 2 aliphatic carbocycles. The average Bonchev–Trinajstić information content (AvgIpc) is 3.51. The molecule has 2 aromatic rings. The summed E-state index contributed by atoms with van der Waals surface area (Å²) in [5.41, 5.74) is 2.06. The fourth-order valence-electron chi connectivity index (χ4n) is 7.72. The Morgan fingerprint density at radius 3 is 2.74 bits per heavy atom. The lowest BCUT2D eigenvalue weighted by Crippen LogP contribution is -2.55. The molecule has 6 heteroatoms. The van der Waals surface area contributed by atoms with E-state index in [0.717, 1.165) is 49.6 Å². The molecular formula is C29H39N3O2S. The summed E-state index contributed by atoms with van der Waals surface area (Å²) >= 11 is 1.70. The summed E-state index contributed by atoms with van der Waals surface area (Å²) in [4.78, 5) is 22.7. The van der Waals surface area contributed by atoms with Gasteiger partial charge in [-0.05, 0) is 62.8 Å². The molecule has 1 saturated carbocycles. The summed E-state index contributed by atoms with van der Waals surface area (Å²) in [5.74, 6) is 1.46. The van der Waals surface area contributed by atoms with E-state index in [0.29, 0.717) is 30.2 Å². The van der Waals surface area contributed by atoms with E-state index in [4.69, 9.17) is 4.98 Å². The molecule has 0 radical (unpaired) electrons. The van der Waals surface area contributed by atoms with Crippen LogP contribution in [0.15, 0.2) is 30.3 Å². The van der Waals surface area contributed by atoms with Gasteiger partial charge in [-0.3, -0.25) is 4.79 Å². The molecule has 5 atom stereocenters. The van der Waals surface area contributed by atoms with E-state index in [2.05, 4.69) is 40.5 Å². The van der Waals surface area contributed by atoms with Crippen molar-refractivity contribution in [3.63, 3.8) is 0 Å². The number of hydrogen-bond acceptors (Lipinski definition) is 5. The van der Waals surface area contributed by atoms with Crippen LogP contribution in [0.4, 0.5) is 0 Å². The Labute approximate surface area is 213 Å². The molecule has 1 amide bonds. The van der Waals surface area contributed by atoms with Gasteiger partial charge in [0, 0.05) is 36.0 Å². The van der Waals surface area contributed by atoms with Crippen molar-refractivity contribution in [1.82, 2.24) is 15.2 Å². The highest BCUT2D eigenvalue weighted by Gasteiger charge is 2.54.